The molecule has 0 aliphatic carbocycles. The summed E-state index contributed by atoms with van der Waals surface area (Å²) in [5.74, 6) is 8.09. The molecule has 0 fully saturated rings. The van der Waals surface area contributed by atoms with Gasteiger partial charge in [0.25, 0.3) is 0 Å². The van der Waals surface area contributed by atoms with Crippen LogP contribution in [0.1, 0.15) is 32.0 Å². The second-order valence-corrected chi connectivity index (χ2v) is 6.81. The lowest BCUT2D eigenvalue weighted by atomic mass is 9.90. The monoisotopic (exact) mass is 389 g/mol. The van der Waals surface area contributed by atoms with Crippen molar-refractivity contribution in [3.63, 3.8) is 0 Å². The molecule has 0 amide bonds. The second kappa shape index (κ2) is 8.93. The van der Waals surface area contributed by atoms with Crippen molar-refractivity contribution in [2.24, 2.45) is 0 Å². The van der Waals surface area contributed by atoms with E-state index in [4.69, 9.17) is 9.47 Å². The van der Waals surface area contributed by atoms with Crippen LogP contribution >= 0.6 is 0 Å². The summed E-state index contributed by atoms with van der Waals surface area (Å²) in [5.41, 5.74) is 2.17. The number of fused-ring (bicyclic) bond motifs is 1. The minimum Gasteiger partial charge on any atom is -0.493 e. The van der Waals surface area contributed by atoms with Gasteiger partial charge >= 0.3 is 0 Å². The number of ether oxygens (including phenoxy) is 2. The molecule has 1 heterocycles. The van der Waals surface area contributed by atoms with Crippen LogP contribution in [0.25, 0.3) is 10.9 Å². The van der Waals surface area contributed by atoms with Crippen molar-refractivity contribution in [3.05, 3.63) is 60.0 Å². The van der Waals surface area contributed by atoms with E-state index in [1.165, 1.54) is 6.33 Å². The topological polar surface area (TPSA) is 47.5 Å². The maximum absolute atomic E-state index is 5.45. The van der Waals surface area contributed by atoms with E-state index in [1.54, 1.807) is 14.2 Å². The number of rotatable bonds is 6. The summed E-state index contributed by atoms with van der Waals surface area (Å²) < 4.78 is 10.8. The number of benzene rings is 2. The third-order valence-corrected chi connectivity index (χ3v) is 5.30. The summed E-state index contributed by atoms with van der Waals surface area (Å²) in [7, 11) is 3.23. The average Bonchev–Trinajstić information content (AvgIpc) is 2.77. The van der Waals surface area contributed by atoms with Gasteiger partial charge in [-0.15, -0.1) is 0 Å². The van der Waals surface area contributed by atoms with Crippen molar-refractivity contribution in [3.8, 4) is 23.3 Å². The van der Waals surface area contributed by atoms with Crippen molar-refractivity contribution in [2.75, 3.05) is 27.3 Å². The normalized spacial score (nSPS) is 12.9. The zero-order chi connectivity index (χ0) is 20.9. The van der Waals surface area contributed by atoms with Crippen molar-refractivity contribution < 1.29 is 9.47 Å². The number of hydrogen-bond acceptors (Lipinski definition) is 5. The lowest BCUT2D eigenvalue weighted by molar-refractivity contribution is 0.172. The van der Waals surface area contributed by atoms with Crippen LogP contribution in [-0.2, 0) is 5.54 Å². The first kappa shape index (κ1) is 20.6. The van der Waals surface area contributed by atoms with E-state index in [9.17, 15) is 0 Å². The molecule has 0 radical (unpaired) electrons. The first-order chi connectivity index (χ1) is 14.1. The van der Waals surface area contributed by atoms with Crippen LogP contribution in [0.2, 0.25) is 0 Å². The van der Waals surface area contributed by atoms with Crippen molar-refractivity contribution in [1.29, 1.82) is 0 Å². The fourth-order valence-electron chi connectivity index (χ4n) is 3.62. The van der Waals surface area contributed by atoms with E-state index in [2.05, 4.69) is 71.7 Å². The molecule has 0 unspecified atom stereocenters. The minimum atomic E-state index is -0.432. The van der Waals surface area contributed by atoms with Gasteiger partial charge < -0.3 is 9.47 Å². The Balaban J connectivity index is 2.16. The SMILES string of the molecule is CCN(CC)[C@@](C)(C#Cc1ncnc2cc(OC)c(OC)cc12)c1ccccc1. The summed E-state index contributed by atoms with van der Waals surface area (Å²) in [4.78, 5) is 11.2. The maximum Gasteiger partial charge on any atom is 0.162 e. The molecule has 29 heavy (non-hydrogen) atoms. The molecule has 0 aliphatic rings. The molecule has 3 aromatic rings. The number of aromatic nitrogens is 2. The molecule has 150 valence electrons. The van der Waals surface area contributed by atoms with E-state index < -0.39 is 5.54 Å². The molecule has 0 N–H and O–H groups in total. The molecule has 2 aromatic carbocycles. The van der Waals surface area contributed by atoms with Gasteiger partial charge in [-0.3, -0.25) is 4.90 Å². The highest BCUT2D eigenvalue weighted by molar-refractivity contribution is 5.86. The first-order valence-electron chi connectivity index (χ1n) is 9.77. The predicted octanol–water partition coefficient (Wildman–Crippen LogP) is 4.26. The van der Waals surface area contributed by atoms with Gasteiger partial charge in [0.05, 0.1) is 19.7 Å². The van der Waals surface area contributed by atoms with Gasteiger partial charge in [0.2, 0.25) is 0 Å². The molecule has 5 heteroatoms. The Morgan fingerprint density at radius 1 is 0.966 bits per heavy atom. The Kier molecular flexibility index (Phi) is 6.36. The Labute approximate surface area is 172 Å². The van der Waals surface area contributed by atoms with Crippen LogP contribution in [0.5, 0.6) is 11.5 Å². The highest BCUT2D eigenvalue weighted by Crippen LogP contribution is 2.32. The first-order valence-corrected chi connectivity index (χ1v) is 9.77. The van der Waals surface area contributed by atoms with Crippen LogP contribution in [0.15, 0.2) is 48.8 Å². The van der Waals surface area contributed by atoms with Gasteiger partial charge in [-0.2, -0.15) is 0 Å². The fourth-order valence-corrected chi connectivity index (χ4v) is 3.62. The molecule has 0 saturated heterocycles. The minimum absolute atomic E-state index is 0.432. The van der Waals surface area contributed by atoms with Gasteiger partial charge in [0, 0.05) is 11.5 Å². The summed E-state index contributed by atoms with van der Waals surface area (Å²) >= 11 is 0. The quantitative estimate of drug-likeness (QED) is 0.590. The van der Waals surface area contributed by atoms with Crippen LogP contribution < -0.4 is 9.47 Å². The van der Waals surface area contributed by atoms with Gasteiger partial charge in [-0.05, 0) is 37.6 Å². The van der Waals surface area contributed by atoms with Crippen molar-refractivity contribution in [1.82, 2.24) is 14.9 Å². The molecular formula is C24H27N3O2. The van der Waals surface area contributed by atoms with E-state index in [1.807, 2.05) is 18.2 Å². The van der Waals surface area contributed by atoms with Gasteiger partial charge in [0.15, 0.2) is 11.5 Å². The van der Waals surface area contributed by atoms with Crippen molar-refractivity contribution >= 4 is 10.9 Å². The highest BCUT2D eigenvalue weighted by atomic mass is 16.5. The molecule has 1 aromatic heterocycles. The molecule has 0 bridgehead atoms. The van der Waals surface area contributed by atoms with Crippen LogP contribution in [0, 0.1) is 11.8 Å². The fraction of sp³-hybridized carbons (Fsp3) is 0.333. The summed E-state index contributed by atoms with van der Waals surface area (Å²) in [6.07, 6.45) is 1.54. The molecule has 0 spiro atoms. The molecule has 0 aliphatic heterocycles. The highest BCUT2D eigenvalue weighted by Gasteiger charge is 2.30. The third kappa shape index (κ3) is 4.03. The van der Waals surface area contributed by atoms with Crippen LogP contribution in [0.4, 0.5) is 0 Å². The van der Waals surface area contributed by atoms with Crippen LogP contribution in [-0.4, -0.2) is 42.2 Å². The van der Waals surface area contributed by atoms with Gasteiger partial charge in [0.1, 0.15) is 17.6 Å². The average molecular weight is 389 g/mol. The Hall–Kier alpha value is -3.10. The Morgan fingerprint density at radius 2 is 1.62 bits per heavy atom. The lowest BCUT2D eigenvalue weighted by Crippen LogP contribution is -2.42. The Bertz CT molecular complexity index is 1040. The largest absolute Gasteiger partial charge is 0.493 e. The molecule has 1 atom stereocenters. The van der Waals surface area contributed by atoms with E-state index in [0.29, 0.717) is 17.2 Å². The van der Waals surface area contributed by atoms with Crippen molar-refractivity contribution in [2.45, 2.75) is 26.3 Å². The molecule has 0 saturated carbocycles. The summed E-state index contributed by atoms with van der Waals surface area (Å²) in [6, 6.07) is 14.1. The van der Waals surface area contributed by atoms with Crippen LogP contribution in [0.3, 0.4) is 0 Å². The third-order valence-electron chi connectivity index (χ3n) is 5.30. The second-order valence-electron chi connectivity index (χ2n) is 6.81. The smallest absolute Gasteiger partial charge is 0.162 e. The van der Waals surface area contributed by atoms with E-state index in [-0.39, 0.29) is 0 Å². The lowest BCUT2D eigenvalue weighted by Gasteiger charge is -2.36. The molecule has 3 rings (SSSR count). The standard InChI is InChI=1S/C24H27N3O2/c1-6-27(7-2)24(3,18-11-9-8-10-12-18)14-13-20-19-15-22(28-4)23(29-5)16-21(19)26-17-25-20/h8-12,15-17H,6-7H2,1-5H3/t24-/m0/s1. The molecule has 5 nitrogen and oxygen atoms in total. The molecular weight excluding hydrogens is 362 g/mol. The number of nitrogens with zero attached hydrogens (tertiary/aromatic N) is 3. The van der Waals surface area contributed by atoms with Gasteiger partial charge in [-0.25, -0.2) is 9.97 Å². The predicted molar refractivity (Wildman–Crippen MR) is 116 cm³/mol. The summed E-state index contributed by atoms with van der Waals surface area (Å²) in [6.45, 7) is 8.26. The summed E-state index contributed by atoms with van der Waals surface area (Å²) in [5, 5.41) is 0.840. The number of hydrogen-bond donors (Lipinski definition) is 0. The van der Waals surface area contributed by atoms with E-state index >= 15 is 0 Å². The zero-order valence-corrected chi connectivity index (χ0v) is 17.7. The number of methoxy groups -OCH3 is 2. The maximum atomic E-state index is 5.45. The Morgan fingerprint density at radius 3 is 2.24 bits per heavy atom. The van der Waals surface area contributed by atoms with Gasteiger partial charge in [-0.1, -0.05) is 50.1 Å². The van der Waals surface area contributed by atoms with E-state index in [0.717, 1.165) is 29.6 Å². The zero-order valence-electron chi connectivity index (χ0n) is 17.7.